The molecular weight excluding hydrogens is 234 g/mol. The van der Waals surface area contributed by atoms with Gasteiger partial charge in [0.1, 0.15) is 11.2 Å². The highest BCUT2D eigenvalue weighted by molar-refractivity contribution is 7.71. The Morgan fingerprint density at radius 3 is 2.71 bits per heavy atom. The van der Waals surface area contributed by atoms with Crippen molar-refractivity contribution in [2.45, 2.75) is 0 Å². The van der Waals surface area contributed by atoms with Crippen molar-refractivity contribution in [1.29, 1.82) is 0 Å². The summed E-state index contributed by atoms with van der Waals surface area (Å²) in [6.45, 7) is 0. The van der Waals surface area contributed by atoms with Crippen LogP contribution >= 0.6 is 12.2 Å². The molecule has 3 aromatic rings. The zero-order valence-electron chi connectivity index (χ0n) is 9.11. The van der Waals surface area contributed by atoms with Crippen molar-refractivity contribution < 1.29 is 0 Å². The molecule has 17 heavy (non-hydrogen) atoms. The van der Waals surface area contributed by atoms with Crippen molar-refractivity contribution in [2.75, 3.05) is 0 Å². The van der Waals surface area contributed by atoms with Crippen molar-refractivity contribution in [1.82, 2.24) is 24.6 Å². The molecule has 1 aromatic carbocycles. The monoisotopic (exact) mass is 243 g/mol. The van der Waals surface area contributed by atoms with Crippen LogP contribution in [0.3, 0.4) is 0 Å². The van der Waals surface area contributed by atoms with Gasteiger partial charge in [-0.2, -0.15) is 9.61 Å². The number of aromatic nitrogens is 5. The van der Waals surface area contributed by atoms with Gasteiger partial charge in [0, 0.05) is 12.6 Å². The van der Waals surface area contributed by atoms with E-state index in [2.05, 4.69) is 15.4 Å². The topological polar surface area (TPSA) is 48.0 Å². The highest BCUT2D eigenvalue weighted by Gasteiger charge is 2.09. The Balaban J connectivity index is 2.42. The van der Waals surface area contributed by atoms with Gasteiger partial charge in [-0.1, -0.05) is 35.5 Å². The lowest BCUT2D eigenvalue weighted by Gasteiger charge is -2.05. The molecule has 6 heteroatoms. The van der Waals surface area contributed by atoms with E-state index in [0.29, 0.717) is 4.77 Å². The van der Waals surface area contributed by atoms with Gasteiger partial charge in [-0.25, -0.2) is 4.68 Å². The predicted molar refractivity (Wildman–Crippen MR) is 66.0 cm³/mol. The molecule has 3 rings (SSSR count). The number of fused-ring (bicyclic) bond motifs is 1. The largest absolute Gasteiger partial charge is 0.241 e. The Bertz CT molecular complexity index is 728. The second-order valence-electron chi connectivity index (χ2n) is 3.65. The summed E-state index contributed by atoms with van der Waals surface area (Å²) in [5.41, 5.74) is 2.66. The van der Waals surface area contributed by atoms with Gasteiger partial charge in [0.15, 0.2) is 0 Å². The quantitative estimate of drug-likeness (QED) is 0.612. The number of aryl methyl sites for hydroxylation is 1. The standard InChI is InChI=1S/C11H9N5S/c1-15-11(17)16-9(7-12-14-16)10(13-15)8-5-3-2-4-6-8/h2-7H,1H3. The van der Waals surface area contributed by atoms with Crippen LogP contribution in [0.4, 0.5) is 0 Å². The van der Waals surface area contributed by atoms with Crippen LogP contribution in [0.15, 0.2) is 36.5 Å². The summed E-state index contributed by atoms with van der Waals surface area (Å²) < 4.78 is 3.77. The first kappa shape index (κ1) is 10.1. The molecule has 0 fully saturated rings. The van der Waals surface area contributed by atoms with Gasteiger partial charge < -0.3 is 0 Å². The molecule has 0 aliphatic heterocycles. The van der Waals surface area contributed by atoms with Gasteiger partial charge in [0.2, 0.25) is 4.77 Å². The van der Waals surface area contributed by atoms with E-state index in [0.717, 1.165) is 16.8 Å². The molecule has 0 aliphatic carbocycles. The minimum Gasteiger partial charge on any atom is -0.241 e. The summed E-state index contributed by atoms with van der Waals surface area (Å²) in [6, 6.07) is 9.91. The third kappa shape index (κ3) is 1.53. The summed E-state index contributed by atoms with van der Waals surface area (Å²) >= 11 is 5.22. The summed E-state index contributed by atoms with van der Waals surface area (Å²) in [5.74, 6) is 0. The van der Waals surface area contributed by atoms with E-state index < -0.39 is 0 Å². The Kier molecular flexibility index (Phi) is 2.22. The van der Waals surface area contributed by atoms with Gasteiger partial charge in [0.05, 0.1) is 6.20 Å². The average molecular weight is 243 g/mol. The molecule has 0 saturated carbocycles. The number of rotatable bonds is 1. The van der Waals surface area contributed by atoms with Crippen LogP contribution in [-0.4, -0.2) is 24.6 Å². The molecule has 0 aliphatic rings. The summed E-state index contributed by atoms with van der Waals surface area (Å²) in [6.07, 6.45) is 1.67. The van der Waals surface area contributed by atoms with Gasteiger partial charge >= 0.3 is 0 Å². The van der Waals surface area contributed by atoms with E-state index in [1.807, 2.05) is 30.3 Å². The van der Waals surface area contributed by atoms with Crippen LogP contribution in [0.5, 0.6) is 0 Å². The van der Waals surface area contributed by atoms with Crippen LogP contribution in [0.25, 0.3) is 16.8 Å². The van der Waals surface area contributed by atoms with E-state index in [-0.39, 0.29) is 0 Å². The lowest BCUT2D eigenvalue weighted by Crippen LogP contribution is -2.07. The molecular formula is C11H9N5S. The summed E-state index contributed by atoms with van der Waals surface area (Å²) in [5, 5.41) is 12.3. The first-order valence-corrected chi connectivity index (χ1v) is 5.51. The maximum absolute atomic E-state index is 5.22. The van der Waals surface area contributed by atoms with Crippen LogP contribution in [-0.2, 0) is 7.05 Å². The molecule has 0 unspecified atom stereocenters. The Labute approximate surface area is 102 Å². The minimum atomic E-state index is 0.525. The lowest BCUT2D eigenvalue weighted by molar-refractivity contribution is 0.662. The van der Waals surface area contributed by atoms with Crippen LogP contribution in [0.2, 0.25) is 0 Å². The fourth-order valence-electron chi connectivity index (χ4n) is 1.72. The molecule has 0 N–H and O–H groups in total. The van der Waals surface area contributed by atoms with Gasteiger partial charge in [-0.3, -0.25) is 0 Å². The third-order valence-electron chi connectivity index (χ3n) is 2.55. The number of hydrogen-bond donors (Lipinski definition) is 0. The number of nitrogens with zero attached hydrogens (tertiary/aromatic N) is 5. The van der Waals surface area contributed by atoms with Crippen LogP contribution in [0, 0.1) is 4.77 Å². The fraction of sp³-hybridized carbons (Fsp3) is 0.0909. The highest BCUT2D eigenvalue weighted by Crippen LogP contribution is 2.20. The Morgan fingerprint density at radius 1 is 1.18 bits per heavy atom. The molecule has 0 radical (unpaired) electrons. The van der Waals surface area contributed by atoms with Crippen LogP contribution < -0.4 is 0 Å². The minimum absolute atomic E-state index is 0.525. The average Bonchev–Trinajstić information content (AvgIpc) is 2.84. The van der Waals surface area contributed by atoms with Crippen molar-refractivity contribution >= 4 is 17.7 Å². The van der Waals surface area contributed by atoms with E-state index >= 15 is 0 Å². The van der Waals surface area contributed by atoms with Crippen molar-refractivity contribution in [2.24, 2.45) is 7.05 Å². The molecule has 84 valence electrons. The second-order valence-corrected chi connectivity index (χ2v) is 4.02. The first-order chi connectivity index (χ1) is 8.27. The van der Waals surface area contributed by atoms with Gasteiger partial charge in [-0.15, -0.1) is 5.10 Å². The molecule has 5 nitrogen and oxygen atoms in total. The summed E-state index contributed by atoms with van der Waals surface area (Å²) in [7, 11) is 1.80. The van der Waals surface area contributed by atoms with Crippen molar-refractivity contribution in [3.63, 3.8) is 0 Å². The van der Waals surface area contributed by atoms with Crippen molar-refractivity contribution in [3.05, 3.63) is 41.3 Å². The maximum atomic E-state index is 5.22. The number of hydrogen-bond acceptors (Lipinski definition) is 4. The molecule has 0 atom stereocenters. The summed E-state index contributed by atoms with van der Waals surface area (Å²) in [4.78, 5) is 0. The molecule has 2 heterocycles. The van der Waals surface area contributed by atoms with E-state index in [1.165, 1.54) is 0 Å². The smallest absolute Gasteiger partial charge is 0.219 e. The molecule has 2 aromatic heterocycles. The lowest BCUT2D eigenvalue weighted by atomic mass is 10.1. The first-order valence-electron chi connectivity index (χ1n) is 5.10. The molecule has 0 amide bonds. The molecule has 0 bridgehead atoms. The predicted octanol–water partition coefficient (Wildman–Crippen LogP) is 1.86. The SMILES string of the molecule is Cn1nc(-c2ccccc2)c2cnnn2c1=S. The van der Waals surface area contributed by atoms with Crippen LogP contribution in [0.1, 0.15) is 0 Å². The van der Waals surface area contributed by atoms with E-state index in [4.69, 9.17) is 12.2 Å². The molecule has 0 spiro atoms. The Morgan fingerprint density at radius 2 is 1.94 bits per heavy atom. The molecule has 0 saturated heterocycles. The normalized spacial score (nSPS) is 10.9. The maximum Gasteiger partial charge on any atom is 0.219 e. The Hall–Kier alpha value is -2.08. The zero-order valence-corrected chi connectivity index (χ0v) is 9.92. The van der Waals surface area contributed by atoms with Crippen molar-refractivity contribution in [3.8, 4) is 11.3 Å². The number of benzene rings is 1. The van der Waals surface area contributed by atoms with E-state index in [1.54, 1.807) is 22.4 Å². The van der Waals surface area contributed by atoms with Gasteiger partial charge in [0.25, 0.3) is 0 Å². The van der Waals surface area contributed by atoms with Gasteiger partial charge in [-0.05, 0) is 12.2 Å². The zero-order chi connectivity index (χ0) is 11.8. The third-order valence-corrected chi connectivity index (χ3v) is 2.98. The fourth-order valence-corrected chi connectivity index (χ4v) is 1.90. The highest BCUT2D eigenvalue weighted by atomic mass is 32.1. The van der Waals surface area contributed by atoms with E-state index in [9.17, 15) is 0 Å². The second kappa shape index (κ2) is 3.74.